The number of nitrogens with zero attached hydrogens (tertiary/aromatic N) is 5. The van der Waals surface area contributed by atoms with Gasteiger partial charge < -0.3 is 24.3 Å². The van der Waals surface area contributed by atoms with Gasteiger partial charge in [0.15, 0.2) is 11.2 Å². The molecule has 3 aromatic heterocycles. The summed E-state index contributed by atoms with van der Waals surface area (Å²) in [6.07, 6.45) is 5.23. The minimum atomic E-state index is -0.910. The first-order valence-electron chi connectivity index (χ1n) is 10.7. The number of aromatic amines is 1. The lowest BCUT2D eigenvalue weighted by Crippen LogP contribution is -2.31. The number of anilines is 1. The maximum absolute atomic E-state index is 12.6. The zero-order valence-corrected chi connectivity index (χ0v) is 18.6. The van der Waals surface area contributed by atoms with E-state index in [4.69, 9.17) is 4.74 Å². The van der Waals surface area contributed by atoms with Crippen molar-refractivity contribution in [2.75, 3.05) is 18.5 Å². The summed E-state index contributed by atoms with van der Waals surface area (Å²) >= 11 is 0. The normalized spacial score (nSPS) is 12.2. The van der Waals surface area contributed by atoms with Crippen molar-refractivity contribution in [1.29, 1.82) is 0 Å². The van der Waals surface area contributed by atoms with Crippen LogP contribution in [0.15, 0.2) is 52.6 Å². The van der Waals surface area contributed by atoms with E-state index in [2.05, 4.69) is 20.3 Å². The highest BCUT2D eigenvalue weighted by molar-refractivity contribution is 5.74. The first-order chi connectivity index (χ1) is 15.9. The Morgan fingerprint density at radius 1 is 1.24 bits per heavy atom. The van der Waals surface area contributed by atoms with Crippen LogP contribution in [0.1, 0.15) is 12.0 Å². The van der Waals surface area contributed by atoms with Crippen LogP contribution in [0.2, 0.25) is 0 Å². The van der Waals surface area contributed by atoms with Gasteiger partial charge in [-0.1, -0.05) is 17.7 Å². The number of H-pyrrole nitrogens is 1. The monoisotopic (exact) mass is 453 g/mol. The number of ether oxygens (including phenoxy) is 1. The molecule has 0 spiro atoms. The van der Waals surface area contributed by atoms with Crippen LogP contribution in [-0.4, -0.2) is 53.0 Å². The summed E-state index contributed by atoms with van der Waals surface area (Å²) in [6.45, 7) is 3.42. The maximum Gasteiger partial charge on any atom is 0.329 e. The molecule has 174 valence electrons. The molecule has 0 radical (unpaired) electrons. The molecular formula is C22H27N7O4. The van der Waals surface area contributed by atoms with Crippen molar-refractivity contribution in [3.05, 3.63) is 69.4 Å². The molecule has 0 bridgehead atoms. The van der Waals surface area contributed by atoms with Gasteiger partial charge >= 0.3 is 5.69 Å². The molecule has 1 aromatic carbocycles. The number of aliphatic hydroxyl groups excluding tert-OH is 1. The summed E-state index contributed by atoms with van der Waals surface area (Å²) < 4.78 is 10.5. The number of hydrogen-bond acceptors (Lipinski definition) is 7. The average molecular weight is 454 g/mol. The number of rotatable bonds is 10. The number of nitrogens with one attached hydrogen (secondary N) is 2. The number of imidazole rings is 2. The average Bonchev–Trinajstić information content (AvgIpc) is 3.43. The van der Waals surface area contributed by atoms with Gasteiger partial charge in [0.05, 0.1) is 12.9 Å². The van der Waals surface area contributed by atoms with E-state index in [1.807, 2.05) is 42.0 Å². The Bertz CT molecular complexity index is 1320. The number of aryl methyl sites for hydroxylation is 3. The molecule has 0 aliphatic heterocycles. The lowest BCUT2D eigenvalue weighted by molar-refractivity contribution is 0.0938. The van der Waals surface area contributed by atoms with E-state index < -0.39 is 17.4 Å². The van der Waals surface area contributed by atoms with Crippen LogP contribution in [-0.2, 0) is 20.1 Å². The van der Waals surface area contributed by atoms with Crippen LogP contribution < -0.4 is 21.3 Å². The summed E-state index contributed by atoms with van der Waals surface area (Å²) in [6, 6.07) is 7.53. The quantitative estimate of drug-likeness (QED) is 0.304. The highest BCUT2D eigenvalue weighted by Gasteiger charge is 2.19. The van der Waals surface area contributed by atoms with Crippen molar-refractivity contribution in [1.82, 2.24) is 28.7 Å². The van der Waals surface area contributed by atoms with Crippen LogP contribution in [0.5, 0.6) is 5.75 Å². The molecule has 0 fully saturated rings. The molecule has 11 nitrogen and oxygen atoms in total. The third-order valence-corrected chi connectivity index (χ3v) is 5.30. The van der Waals surface area contributed by atoms with Gasteiger partial charge in [-0.25, -0.2) is 9.78 Å². The topological polar surface area (TPSA) is 132 Å². The number of benzene rings is 1. The summed E-state index contributed by atoms with van der Waals surface area (Å²) in [4.78, 5) is 35.4. The van der Waals surface area contributed by atoms with E-state index >= 15 is 0 Å². The van der Waals surface area contributed by atoms with E-state index in [9.17, 15) is 14.7 Å². The van der Waals surface area contributed by atoms with Gasteiger partial charge in [-0.15, -0.1) is 0 Å². The summed E-state index contributed by atoms with van der Waals surface area (Å²) in [5, 5.41) is 13.9. The zero-order valence-electron chi connectivity index (χ0n) is 18.6. The number of hydrogen-bond donors (Lipinski definition) is 3. The predicted octanol–water partition coefficient (Wildman–Crippen LogP) is 0.870. The molecule has 3 N–H and O–H groups in total. The molecule has 0 amide bonds. The van der Waals surface area contributed by atoms with Crippen molar-refractivity contribution in [3.8, 4) is 5.75 Å². The minimum absolute atomic E-state index is 0.0342. The molecule has 0 aliphatic rings. The summed E-state index contributed by atoms with van der Waals surface area (Å²) in [7, 11) is 1.54. The molecule has 0 aliphatic carbocycles. The van der Waals surface area contributed by atoms with E-state index in [0.717, 1.165) is 18.5 Å². The zero-order chi connectivity index (χ0) is 23.4. The fourth-order valence-electron chi connectivity index (χ4n) is 3.52. The third-order valence-electron chi connectivity index (χ3n) is 5.30. The maximum atomic E-state index is 12.6. The van der Waals surface area contributed by atoms with E-state index in [-0.39, 0.29) is 24.3 Å². The lowest BCUT2D eigenvalue weighted by Gasteiger charge is -2.16. The predicted molar refractivity (Wildman–Crippen MR) is 124 cm³/mol. The second-order valence-electron chi connectivity index (χ2n) is 7.90. The highest BCUT2D eigenvalue weighted by atomic mass is 16.5. The van der Waals surface area contributed by atoms with Crippen LogP contribution in [0.25, 0.3) is 11.2 Å². The van der Waals surface area contributed by atoms with Crippen LogP contribution >= 0.6 is 0 Å². The SMILES string of the molecule is Cc1ccc(OC[C@@H](O)Cn2c(NCCCn3ccnc3)nc3c2c(=O)[nH]c(=O)n3C)cc1. The molecule has 0 saturated heterocycles. The standard InChI is InChI=1S/C22H27N7O4/c1-15-4-6-17(7-5-15)33-13-16(30)12-29-18-19(27(2)22(32)26-20(18)31)25-21(29)24-8-3-10-28-11-9-23-14-28/h4-7,9,11,14,16,30H,3,8,10,12-13H2,1-2H3,(H,24,25)(H,26,31,32)/t16-/m0/s1. The molecule has 11 heteroatoms. The van der Waals surface area contributed by atoms with Crippen molar-refractivity contribution in [2.45, 2.75) is 32.5 Å². The van der Waals surface area contributed by atoms with Crippen molar-refractivity contribution >= 4 is 17.1 Å². The Labute approximate surface area is 189 Å². The Morgan fingerprint density at radius 2 is 2.03 bits per heavy atom. The van der Waals surface area contributed by atoms with Gasteiger partial charge in [0.1, 0.15) is 18.5 Å². The molecule has 33 heavy (non-hydrogen) atoms. The first kappa shape index (κ1) is 22.3. The van der Waals surface area contributed by atoms with Crippen LogP contribution in [0, 0.1) is 6.92 Å². The van der Waals surface area contributed by atoms with Gasteiger partial charge in [0.2, 0.25) is 5.95 Å². The molecule has 3 heterocycles. The van der Waals surface area contributed by atoms with Crippen molar-refractivity contribution in [3.63, 3.8) is 0 Å². The van der Waals surface area contributed by atoms with Gasteiger partial charge in [0, 0.05) is 32.5 Å². The molecule has 4 rings (SSSR count). The number of aliphatic hydroxyl groups is 1. The van der Waals surface area contributed by atoms with E-state index in [0.29, 0.717) is 18.2 Å². The molecular weight excluding hydrogens is 426 g/mol. The Morgan fingerprint density at radius 3 is 2.76 bits per heavy atom. The molecule has 4 aromatic rings. The van der Waals surface area contributed by atoms with E-state index in [1.54, 1.807) is 17.1 Å². The van der Waals surface area contributed by atoms with Gasteiger partial charge in [0.25, 0.3) is 5.56 Å². The highest BCUT2D eigenvalue weighted by Crippen LogP contribution is 2.17. The van der Waals surface area contributed by atoms with Crippen LogP contribution in [0.3, 0.4) is 0 Å². The Kier molecular flexibility index (Phi) is 6.59. The summed E-state index contributed by atoms with van der Waals surface area (Å²) in [5.41, 5.74) is 0.461. The number of fused-ring (bicyclic) bond motifs is 1. The minimum Gasteiger partial charge on any atom is -0.491 e. The second-order valence-corrected chi connectivity index (χ2v) is 7.90. The summed E-state index contributed by atoms with van der Waals surface area (Å²) in [5.74, 6) is 1.05. The largest absolute Gasteiger partial charge is 0.491 e. The molecule has 0 saturated carbocycles. The molecule has 0 unspecified atom stereocenters. The lowest BCUT2D eigenvalue weighted by atomic mass is 10.2. The second kappa shape index (κ2) is 9.74. The van der Waals surface area contributed by atoms with Gasteiger partial charge in [-0.3, -0.25) is 14.3 Å². The Hall–Kier alpha value is -3.86. The van der Waals surface area contributed by atoms with Crippen LogP contribution in [0.4, 0.5) is 5.95 Å². The van der Waals surface area contributed by atoms with Crippen molar-refractivity contribution < 1.29 is 9.84 Å². The fraction of sp³-hybridized carbons (Fsp3) is 0.364. The first-order valence-corrected chi connectivity index (χ1v) is 10.7. The van der Waals surface area contributed by atoms with Gasteiger partial charge in [-0.05, 0) is 25.5 Å². The smallest absolute Gasteiger partial charge is 0.329 e. The third kappa shape index (κ3) is 5.14. The molecule has 1 atom stereocenters. The number of aromatic nitrogens is 6. The fourth-order valence-corrected chi connectivity index (χ4v) is 3.52. The van der Waals surface area contributed by atoms with Crippen molar-refractivity contribution in [2.24, 2.45) is 7.05 Å². The Balaban J connectivity index is 1.52. The van der Waals surface area contributed by atoms with Gasteiger partial charge in [-0.2, -0.15) is 4.98 Å². The van der Waals surface area contributed by atoms with E-state index in [1.165, 1.54) is 11.6 Å².